The van der Waals surface area contributed by atoms with Crippen molar-refractivity contribution in [3.05, 3.63) is 89.5 Å². The third-order valence-corrected chi connectivity index (χ3v) is 5.47. The molecule has 3 N–H and O–H groups in total. The average Bonchev–Trinajstić information content (AvgIpc) is 2.81. The zero-order valence-electron chi connectivity index (χ0n) is 17.7. The van der Waals surface area contributed by atoms with Crippen LogP contribution in [0.4, 0.5) is 5.69 Å². The van der Waals surface area contributed by atoms with E-state index >= 15 is 0 Å². The minimum atomic E-state index is -3.84. The van der Waals surface area contributed by atoms with Crippen molar-refractivity contribution in [3.63, 3.8) is 0 Å². The number of nitrogens with zero attached hydrogens (tertiary/aromatic N) is 1. The minimum Gasteiger partial charge on any atom is -0.493 e. The van der Waals surface area contributed by atoms with E-state index in [9.17, 15) is 18.5 Å². The van der Waals surface area contributed by atoms with Gasteiger partial charge >= 0.3 is 0 Å². The molecule has 0 aliphatic rings. The number of nitriles is 1. The van der Waals surface area contributed by atoms with Gasteiger partial charge in [-0.1, -0.05) is 36.4 Å². The molecule has 0 aliphatic carbocycles. The van der Waals surface area contributed by atoms with Gasteiger partial charge in [-0.2, -0.15) is 5.26 Å². The van der Waals surface area contributed by atoms with Crippen LogP contribution in [0.2, 0.25) is 0 Å². The molecule has 168 valence electrons. The molecule has 33 heavy (non-hydrogen) atoms. The Labute approximate surface area is 191 Å². The molecule has 0 fully saturated rings. The van der Waals surface area contributed by atoms with E-state index in [0.717, 1.165) is 5.56 Å². The number of nitrogens with one attached hydrogen (secondary N) is 1. The van der Waals surface area contributed by atoms with Crippen molar-refractivity contribution in [1.82, 2.24) is 0 Å². The summed E-state index contributed by atoms with van der Waals surface area (Å²) in [7, 11) is -2.32. The highest BCUT2D eigenvalue weighted by atomic mass is 32.2. The van der Waals surface area contributed by atoms with Crippen LogP contribution in [-0.4, -0.2) is 21.4 Å². The Kier molecular flexibility index (Phi) is 7.46. The third kappa shape index (κ3) is 6.43. The number of anilines is 1. The number of sulfonamides is 1. The van der Waals surface area contributed by atoms with Crippen LogP contribution in [0.25, 0.3) is 6.08 Å². The van der Waals surface area contributed by atoms with Crippen molar-refractivity contribution in [2.75, 3.05) is 12.4 Å². The molecule has 0 radical (unpaired) electrons. The number of rotatable bonds is 8. The summed E-state index contributed by atoms with van der Waals surface area (Å²) in [5.41, 5.74) is 1.71. The lowest BCUT2D eigenvalue weighted by atomic mass is 10.1. The van der Waals surface area contributed by atoms with Gasteiger partial charge in [0.2, 0.25) is 10.0 Å². The third-order valence-electron chi connectivity index (χ3n) is 4.54. The van der Waals surface area contributed by atoms with Crippen molar-refractivity contribution in [3.8, 4) is 17.6 Å². The van der Waals surface area contributed by atoms with E-state index in [1.807, 2.05) is 36.4 Å². The quantitative estimate of drug-likeness (QED) is 0.388. The maximum atomic E-state index is 12.5. The molecule has 0 aliphatic heterocycles. The topological polar surface area (TPSA) is 132 Å². The first-order valence-electron chi connectivity index (χ1n) is 9.71. The van der Waals surface area contributed by atoms with Crippen LogP contribution in [-0.2, 0) is 21.4 Å². The Balaban J connectivity index is 1.78. The van der Waals surface area contributed by atoms with Gasteiger partial charge in [0.1, 0.15) is 18.2 Å². The molecule has 0 aromatic heterocycles. The summed E-state index contributed by atoms with van der Waals surface area (Å²) in [6.07, 6.45) is 1.42. The van der Waals surface area contributed by atoms with Crippen molar-refractivity contribution in [1.29, 1.82) is 5.26 Å². The lowest BCUT2D eigenvalue weighted by molar-refractivity contribution is -0.112. The number of benzene rings is 3. The molecule has 3 aromatic carbocycles. The van der Waals surface area contributed by atoms with Crippen LogP contribution < -0.4 is 19.9 Å². The average molecular weight is 464 g/mol. The fraction of sp³-hybridized carbons (Fsp3) is 0.0833. The zero-order valence-corrected chi connectivity index (χ0v) is 18.5. The van der Waals surface area contributed by atoms with Crippen molar-refractivity contribution >= 4 is 27.7 Å². The molecular weight excluding hydrogens is 442 g/mol. The van der Waals surface area contributed by atoms with Gasteiger partial charge in [0, 0.05) is 5.69 Å². The van der Waals surface area contributed by atoms with Crippen LogP contribution in [0.3, 0.4) is 0 Å². The number of ether oxygens (including phenoxy) is 2. The van der Waals surface area contributed by atoms with E-state index in [1.54, 1.807) is 18.2 Å². The van der Waals surface area contributed by atoms with Crippen LogP contribution in [0.1, 0.15) is 11.1 Å². The molecule has 3 rings (SSSR count). The maximum absolute atomic E-state index is 12.5. The van der Waals surface area contributed by atoms with Gasteiger partial charge in [-0.05, 0) is 53.6 Å². The molecule has 1 amide bonds. The molecule has 0 bridgehead atoms. The summed E-state index contributed by atoms with van der Waals surface area (Å²) >= 11 is 0. The number of carbonyl (C=O) groups is 1. The monoisotopic (exact) mass is 463 g/mol. The molecule has 0 unspecified atom stereocenters. The Morgan fingerprint density at radius 2 is 1.76 bits per heavy atom. The largest absolute Gasteiger partial charge is 0.493 e. The molecule has 0 heterocycles. The van der Waals surface area contributed by atoms with Gasteiger partial charge < -0.3 is 14.8 Å². The number of methoxy groups -OCH3 is 1. The van der Waals surface area contributed by atoms with E-state index in [4.69, 9.17) is 14.6 Å². The lowest BCUT2D eigenvalue weighted by Crippen LogP contribution is -2.14. The standard InChI is InChI=1S/C24H21N3O5S/c1-31-22-12-7-18(14-23(22)32-16-17-5-3-2-4-6-17)13-19(15-25)24(28)27-20-8-10-21(11-9-20)33(26,29)30/h2-14H,16H2,1H3,(H,27,28)(H2,26,29,30)/b19-13+. The molecule has 0 saturated carbocycles. The SMILES string of the molecule is COc1ccc(/C=C(\C#N)C(=O)Nc2ccc(S(N)(=O)=O)cc2)cc1OCc1ccccc1. The number of nitrogens with two attached hydrogens (primary N) is 1. The number of amides is 1. The van der Waals surface area contributed by atoms with Crippen LogP contribution in [0, 0.1) is 11.3 Å². The smallest absolute Gasteiger partial charge is 0.266 e. The first-order chi connectivity index (χ1) is 15.8. The number of carbonyl (C=O) groups excluding carboxylic acids is 1. The predicted molar refractivity (Wildman–Crippen MR) is 124 cm³/mol. The molecule has 3 aromatic rings. The fourth-order valence-electron chi connectivity index (χ4n) is 2.87. The summed E-state index contributed by atoms with van der Waals surface area (Å²) in [4.78, 5) is 12.5. The van der Waals surface area contributed by atoms with E-state index < -0.39 is 15.9 Å². The van der Waals surface area contributed by atoms with Crippen molar-refractivity contribution in [2.24, 2.45) is 5.14 Å². The highest BCUT2D eigenvalue weighted by Crippen LogP contribution is 2.30. The first kappa shape index (κ1) is 23.5. The van der Waals surface area contributed by atoms with Gasteiger partial charge in [-0.3, -0.25) is 4.79 Å². The highest BCUT2D eigenvalue weighted by molar-refractivity contribution is 7.89. The molecule has 0 atom stereocenters. The van der Waals surface area contributed by atoms with E-state index in [0.29, 0.717) is 29.4 Å². The lowest BCUT2D eigenvalue weighted by Gasteiger charge is -2.12. The second-order valence-corrected chi connectivity index (χ2v) is 8.44. The number of hydrogen-bond acceptors (Lipinski definition) is 6. The second kappa shape index (κ2) is 10.5. The second-order valence-electron chi connectivity index (χ2n) is 6.88. The summed E-state index contributed by atoms with van der Waals surface area (Å²) in [6.45, 7) is 0.324. The summed E-state index contributed by atoms with van der Waals surface area (Å²) < 4.78 is 33.9. The Hall–Kier alpha value is -4.13. The summed E-state index contributed by atoms with van der Waals surface area (Å²) in [6, 6.07) is 21.8. The Bertz CT molecular complexity index is 1310. The molecular formula is C24H21N3O5S. The van der Waals surface area contributed by atoms with Gasteiger partial charge in [0.25, 0.3) is 5.91 Å². The van der Waals surface area contributed by atoms with Crippen LogP contribution in [0.15, 0.2) is 83.3 Å². The zero-order chi connectivity index (χ0) is 23.8. The summed E-state index contributed by atoms with van der Waals surface area (Å²) in [5, 5.41) is 17.1. The highest BCUT2D eigenvalue weighted by Gasteiger charge is 2.13. The molecule has 8 nitrogen and oxygen atoms in total. The van der Waals surface area contributed by atoms with E-state index in [1.165, 1.54) is 37.5 Å². The van der Waals surface area contributed by atoms with Gasteiger partial charge in [0.15, 0.2) is 11.5 Å². The van der Waals surface area contributed by atoms with Crippen molar-refractivity contribution in [2.45, 2.75) is 11.5 Å². The Morgan fingerprint density at radius 1 is 1.06 bits per heavy atom. The molecule has 0 spiro atoms. The first-order valence-corrected chi connectivity index (χ1v) is 11.3. The predicted octanol–water partition coefficient (Wildman–Crippen LogP) is 3.47. The molecule has 0 saturated heterocycles. The fourth-order valence-corrected chi connectivity index (χ4v) is 3.39. The molecule has 9 heteroatoms. The number of primary sulfonamides is 1. The Morgan fingerprint density at radius 3 is 2.36 bits per heavy atom. The summed E-state index contributed by atoms with van der Waals surface area (Å²) in [5.74, 6) is 0.329. The van der Waals surface area contributed by atoms with Crippen LogP contribution >= 0.6 is 0 Å². The van der Waals surface area contributed by atoms with Gasteiger partial charge in [-0.15, -0.1) is 0 Å². The number of hydrogen-bond donors (Lipinski definition) is 2. The van der Waals surface area contributed by atoms with Crippen molar-refractivity contribution < 1.29 is 22.7 Å². The maximum Gasteiger partial charge on any atom is 0.266 e. The minimum absolute atomic E-state index is 0.0854. The van der Waals surface area contributed by atoms with Gasteiger partial charge in [-0.25, -0.2) is 13.6 Å². The van der Waals surface area contributed by atoms with Crippen LogP contribution in [0.5, 0.6) is 11.5 Å². The van der Waals surface area contributed by atoms with E-state index in [-0.39, 0.29) is 10.5 Å². The normalized spacial score (nSPS) is 11.4. The van der Waals surface area contributed by atoms with Gasteiger partial charge in [0.05, 0.1) is 12.0 Å². The van der Waals surface area contributed by atoms with E-state index in [2.05, 4.69) is 5.32 Å².